The summed E-state index contributed by atoms with van der Waals surface area (Å²) in [7, 11) is 1.94. The smallest absolute Gasteiger partial charge is 0.231 e. The number of aryl methyl sites for hydroxylation is 1. The quantitative estimate of drug-likeness (QED) is 0.895. The summed E-state index contributed by atoms with van der Waals surface area (Å²) in [6.45, 7) is 6.26. The van der Waals surface area contributed by atoms with Crippen LogP contribution in [0.15, 0.2) is 23.0 Å². The molecule has 2 atom stereocenters. The first-order valence-corrected chi connectivity index (χ1v) is 6.59. The van der Waals surface area contributed by atoms with Crippen LogP contribution >= 0.6 is 0 Å². The Morgan fingerprint density at radius 3 is 2.84 bits per heavy atom. The number of likely N-dealkylation sites (N-methyl/N-ethyl adjacent to an activating group) is 1. The van der Waals surface area contributed by atoms with Crippen molar-refractivity contribution < 1.29 is 4.52 Å². The zero-order valence-corrected chi connectivity index (χ0v) is 11.8. The largest absolute Gasteiger partial charge is 0.339 e. The first kappa shape index (κ1) is 13.7. The van der Waals surface area contributed by atoms with Crippen molar-refractivity contribution in [2.45, 2.75) is 39.2 Å². The molecule has 2 rings (SSSR count). The highest BCUT2D eigenvalue weighted by Crippen LogP contribution is 2.25. The van der Waals surface area contributed by atoms with Crippen molar-refractivity contribution in [2.75, 3.05) is 7.05 Å². The van der Waals surface area contributed by atoms with Gasteiger partial charge in [0.05, 0.1) is 5.92 Å². The van der Waals surface area contributed by atoms with Gasteiger partial charge in [-0.2, -0.15) is 4.98 Å². The second kappa shape index (κ2) is 5.93. The van der Waals surface area contributed by atoms with Gasteiger partial charge in [-0.3, -0.25) is 4.98 Å². The van der Waals surface area contributed by atoms with Crippen LogP contribution in [0.4, 0.5) is 0 Å². The fourth-order valence-electron chi connectivity index (χ4n) is 2.14. The van der Waals surface area contributed by atoms with Crippen LogP contribution in [0.5, 0.6) is 0 Å². The maximum atomic E-state index is 5.42. The van der Waals surface area contributed by atoms with E-state index in [4.69, 9.17) is 4.52 Å². The zero-order chi connectivity index (χ0) is 13.8. The average Bonchev–Trinajstić information content (AvgIpc) is 2.89. The fourth-order valence-corrected chi connectivity index (χ4v) is 2.14. The number of pyridine rings is 1. The maximum absolute atomic E-state index is 5.42. The van der Waals surface area contributed by atoms with Crippen molar-refractivity contribution in [1.29, 1.82) is 0 Å². The van der Waals surface area contributed by atoms with E-state index in [1.54, 1.807) is 12.4 Å². The van der Waals surface area contributed by atoms with Gasteiger partial charge in [0.15, 0.2) is 0 Å². The van der Waals surface area contributed by atoms with Crippen LogP contribution < -0.4 is 5.32 Å². The van der Waals surface area contributed by atoms with Crippen LogP contribution in [0.25, 0.3) is 11.4 Å². The molecule has 0 spiro atoms. The number of nitrogens with one attached hydrogen (secondary N) is 1. The number of hydrogen-bond donors (Lipinski definition) is 1. The monoisotopic (exact) mass is 260 g/mol. The Balaban J connectivity index is 2.31. The van der Waals surface area contributed by atoms with Gasteiger partial charge in [0.2, 0.25) is 11.7 Å². The van der Waals surface area contributed by atoms with E-state index in [0.717, 1.165) is 17.5 Å². The second-order valence-corrected chi connectivity index (χ2v) is 4.74. The van der Waals surface area contributed by atoms with Crippen molar-refractivity contribution in [3.8, 4) is 11.4 Å². The Hall–Kier alpha value is -1.75. The maximum Gasteiger partial charge on any atom is 0.231 e. The molecule has 0 aliphatic carbocycles. The summed E-state index contributed by atoms with van der Waals surface area (Å²) in [6, 6.07) is 2.24. The number of nitrogens with zero attached hydrogens (tertiary/aromatic N) is 3. The average molecular weight is 260 g/mol. The summed E-state index contributed by atoms with van der Waals surface area (Å²) in [6.07, 6.45) is 4.49. The molecular weight excluding hydrogens is 240 g/mol. The third-order valence-electron chi connectivity index (χ3n) is 3.54. The molecule has 5 nitrogen and oxygen atoms in total. The zero-order valence-electron chi connectivity index (χ0n) is 11.8. The van der Waals surface area contributed by atoms with Gasteiger partial charge in [-0.15, -0.1) is 0 Å². The van der Waals surface area contributed by atoms with Crippen LogP contribution in [0.1, 0.15) is 37.6 Å². The molecule has 0 aliphatic heterocycles. The Morgan fingerprint density at radius 1 is 1.42 bits per heavy atom. The Morgan fingerprint density at radius 2 is 2.21 bits per heavy atom. The van der Waals surface area contributed by atoms with Gasteiger partial charge in [0.1, 0.15) is 0 Å². The lowest BCUT2D eigenvalue weighted by Crippen LogP contribution is -2.28. The van der Waals surface area contributed by atoms with Gasteiger partial charge in [0, 0.05) is 24.0 Å². The van der Waals surface area contributed by atoms with Crippen molar-refractivity contribution >= 4 is 0 Å². The molecule has 0 saturated carbocycles. The minimum absolute atomic E-state index is 0.225. The summed E-state index contributed by atoms with van der Waals surface area (Å²) in [5.41, 5.74) is 2.02. The molecule has 0 amide bonds. The lowest BCUT2D eigenvalue weighted by atomic mass is 9.98. The molecule has 0 bridgehead atoms. The third kappa shape index (κ3) is 2.81. The molecule has 5 heteroatoms. The van der Waals surface area contributed by atoms with E-state index < -0.39 is 0 Å². The lowest BCUT2D eigenvalue weighted by Gasteiger charge is -2.17. The molecule has 19 heavy (non-hydrogen) atoms. The molecule has 2 unspecified atom stereocenters. The summed E-state index contributed by atoms with van der Waals surface area (Å²) in [5.74, 6) is 1.52. The molecule has 2 heterocycles. The standard InChI is InChI=1S/C14H20N4O/c1-5-11(10(3)15-4)14-17-13(18-19-14)12-8-16-7-6-9(12)2/h6-8,10-11,15H,5H2,1-4H3. The second-order valence-electron chi connectivity index (χ2n) is 4.74. The van der Waals surface area contributed by atoms with Gasteiger partial charge < -0.3 is 9.84 Å². The van der Waals surface area contributed by atoms with Crippen molar-refractivity contribution in [1.82, 2.24) is 20.4 Å². The predicted octanol–water partition coefficient (Wildman–Crippen LogP) is 2.54. The molecule has 2 aromatic heterocycles. The molecule has 0 aromatic carbocycles. The van der Waals surface area contributed by atoms with Crippen molar-refractivity contribution in [3.63, 3.8) is 0 Å². The van der Waals surface area contributed by atoms with E-state index in [2.05, 4.69) is 34.3 Å². The SMILES string of the molecule is CCC(c1nc(-c2cnccc2C)no1)C(C)NC. The highest BCUT2D eigenvalue weighted by molar-refractivity contribution is 5.57. The fraction of sp³-hybridized carbons (Fsp3) is 0.500. The highest BCUT2D eigenvalue weighted by Gasteiger charge is 2.23. The third-order valence-corrected chi connectivity index (χ3v) is 3.54. The van der Waals surface area contributed by atoms with Crippen molar-refractivity contribution in [2.24, 2.45) is 0 Å². The van der Waals surface area contributed by atoms with E-state index in [-0.39, 0.29) is 5.92 Å². The predicted molar refractivity (Wildman–Crippen MR) is 73.8 cm³/mol. The van der Waals surface area contributed by atoms with Crippen LogP contribution in [0, 0.1) is 6.92 Å². The van der Waals surface area contributed by atoms with Crippen molar-refractivity contribution in [3.05, 3.63) is 29.9 Å². The molecule has 0 fully saturated rings. The molecule has 0 radical (unpaired) electrons. The van der Waals surface area contributed by atoms with Gasteiger partial charge in [-0.1, -0.05) is 12.1 Å². The Bertz CT molecular complexity index is 538. The normalized spacial score (nSPS) is 14.3. The number of rotatable bonds is 5. The first-order valence-electron chi connectivity index (χ1n) is 6.59. The topological polar surface area (TPSA) is 63.8 Å². The first-order chi connectivity index (χ1) is 9.17. The summed E-state index contributed by atoms with van der Waals surface area (Å²) >= 11 is 0. The van der Waals surface area contributed by atoms with Crippen LogP contribution in [-0.2, 0) is 0 Å². The molecule has 102 valence electrons. The summed E-state index contributed by atoms with van der Waals surface area (Å²) in [5, 5.41) is 7.31. The van der Waals surface area contributed by atoms with E-state index in [1.165, 1.54) is 0 Å². The van der Waals surface area contributed by atoms with Gasteiger partial charge >= 0.3 is 0 Å². The van der Waals surface area contributed by atoms with E-state index in [1.807, 2.05) is 20.0 Å². The van der Waals surface area contributed by atoms with Crippen LogP contribution in [0.3, 0.4) is 0 Å². The minimum atomic E-state index is 0.225. The molecule has 0 saturated heterocycles. The lowest BCUT2D eigenvalue weighted by molar-refractivity contribution is 0.322. The van der Waals surface area contributed by atoms with Crippen LogP contribution in [0.2, 0.25) is 0 Å². The molecular formula is C14H20N4O. The molecule has 1 N–H and O–H groups in total. The molecule has 0 aliphatic rings. The van der Waals surface area contributed by atoms with Crippen LogP contribution in [-0.4, -0.2) is 28.2 Å². The van der Waals surface area contributed by atoms with E-state index >= 15 is 0 Å². The Labute approximate surface area is 113 Å². The number of aromatic nitrogens is 3. The number of hydrogen-bond acceptors (Lipinski definition) is 5. The summed E-state index contributed by atoms with van der Waals surface area (Å²) in [4.78, 5) is 8.64. The van der Waals surface area contributed by atoms with E-state index in [9.17, 15) is 0 Å². The van der Waals surface area contributed by atoms with Gasteiger partial charge in [0.25, 0.3) is 0 Å². The van der Waals surface area contributed by atoms with Gasteiger partial charge in [-0.25, -0.2) is 0 Å². The molecule has 2 aromatic rings. The minimum Gasteiger partial charge on any atom is -0.339 e. The highest BCUT2D eigenvalue weighted by atomic mass is 16.5. The summed E-state index contributed by atoms with van der Waals surface area (Å²) < 4.78 is 5.42. The Kier molecular flexibility index (Phi) is 4.27. The van der Waals surface area contributed by atoms with E-state index in [0.29, 0.717) is 17.8 Å². The van der Waals surface area contributed by atoms with Gasteiger partial charge in [-0.05, 0) is 38.9 Å².